The van der Waals surface area contributed by atoms with Gasteiger partial charge in [-0.1, -0.05) is 182 Å². The van der Waals surface area contributed by atoms with Gasteiger partial charge in [0.15, 0.2) is 0 Å². The van der Waals surface area contributed by atoms with Crippen LogP contribution in [0.1, 0.15) is 11.5 Å². The lowest BCUT2D eigenvalue weighted by Crippen LogP contribution is -2.28. The highest BCUT2D eigenvalue weighted by molar-refractivity contribution is 5.93. The summed E-state index contributed by atoms with van der Waals surface area (Å²) in [5.74, 6) is 0.333. The quantitative estimate of drug-likeness (QED) is 0.154. The molecule has 2 unspecified atom stereocenters. The van der Waals surface area contributed by atoms with Crippen LogP contribution in [0.15, 0.2) is 231 Å². The second-order valence-electron chi connectivity index (χ2n) is 14.5. The van der Waals surface area contributed by atoms with Crippen LogP contribution >= 0.6 is 0 Å². The van der Waals surface area contributed by atoms with Gasteiger partial charge in [-0.15, -0.1) is 0 Å². The lowest BCUT2D eigenvalue weighted by Gasteiger charge is -2.30. The van der Waals surface area contributed by atoms with Crippen LogP contribution in [0, 0.1) is 0 Å². The maximum atomic E-state index is 2.51. The minimum atomic E-state index is 0.238. The molecule has 2 aliphatic rings. The smallest absolute Gasteiger partial charge is 0.0629 e. The summed E-state index contributed by atoms with van der Waals surface area (Å²) in [4.78, 5) is 4.94. The highest BCUT2D eigenvalue weighted by Crippen LogP contribution is 2.49. The number of anilines is 5. The first-order chi connectivity index (χ1) is 27.8. The number of nitrogens with zero attached hydrogens (tertiary/aromatic N) is 2. The first-order valence-electron chi connectivity index (χ1n) is 19.4. The topological polar surface area (TPSA) is 6.48 Å². The van der Waals surface area contributed by atoms with Gasteiger partial charge < -0.3 is 9.80 Å². The van der Waals surface area contributed by atoms with Crippen LogP contribution in [0.2, 0.25) is 0 Å². The van der Waals surface area contributed by atoms with Crippen LogP contribution in [-0.2, 0) is 0 Å². The van der Waals surface area contributed by atoms with Gasteiger partial charge in [-0.2, -0.15) is 0 Å². The van der Waals surface area contributed by atoms with Crippen LogP contribution in [0.4, 0.5) is 28.4 Å². The molecule has 2 heteroatoms. The molecule has 0 spiro atoms. The predicted octanol–water partition coefficient (Wildman–Crippen LogP) is 14.6. The Morgan fingerprint density at radius 1 is 0.375 bits per heavy atom. The molecule has 1 aliphatic carbocycles. The van der Waals surface area contributed by atoms with Gasteiger partial charge in [0.05, 0.1) is 11.7 Å². The fourth-order valence-electron chi connectivity index (χ4n) is 8.58. The molecule has 10 rings (SSSR count). The lowest BCUT2D eigenvalue weighted by atomic mass is 9.91. The van der Waals surface area contributed by atoms with Crippen molar-refractivity contribution >= 4 is 28.4 Å². The van der Waals surface area contributed by atoms with E-state index in [-0.39, 0.29) is 6.04 Å². The van der Waals surface area contributed by atoms with E-state index in [9.17, 15) is 0 Å². The second-order valence-corrected chi connectivity index (χ2v) is 14.5. The zero-order chi connectivity index (χ0) is 37.3. The van der Waals surface area contributed by atoms with Crippen LogP contribution < -0.4 is 9.80 Å². The molecule has 0 amide bonds. The van der Waals surface area contributed by atoms with Gasteiger partial charge in [-0.25, -0.2) is 0 Å². The molecule has 2 nitrogen and oxygen atoms in total. The van der Waals surface area contributed by atoms with Gasteiger partial charge in [-0.05, 0) is 93.0 Å². The molecule has 0 saturated heterocycles. The Labute approximate surface area is 329 Å². The summed E-state index contributed by atoms with van der Waals surface area (Å²) in [6.45, 7) is 0. The highest BCUT2D eigenvalue weighted by Gasteiger charge is 2.37. The van der Waals surface area contributed by atoms with Gasteiger partial charge in [0.1, 0.15) is 0 Å². The van der Waals surface area contributed by atoms with Crippen molar-refractivity contribution in [1.82, 2.24) is 0 Å². The molecular formula is C54H40N2. The summed E-state index contributed by atoms with van der Waals surface area (Å²) in [6.07, 6.45) is 9.06. The van der Waals surface area contributed by atoms with E-state index in [0.717, 1.165) is 22.6 Å². The minimum Gasteiger partial charge on any atom is -0.333 e. The SMILES string of the molecule is C1=CC2c3ccccc3N(c3cccc(-c4ccccc4N(c4ccc(-c5ccccc5)cc4)c4ccc(-c5ccccc5)c(-c5ccccc5)c4)c3)C2C=C1. The maximum Gasteiger partial charge on any atom is 0.0629 e. The Morgan fingerprint density at radius 3 is 1.73 bits per heavy atom. The van der Waals surface area contributed by atoms with E-state index in [2.05, 4.69) is 240 Å². The molecule has 2 atom stereocenters. The average molecular weight is 717 g/mol. The molecule has 266 valence electrons. The van der Waals surface area contributed by atoms with Crippen molar-refractivity contribution in [2.45, 2.75) is 12.0 Å². The summed E-state index contributed by atoms with van der Waals surface area (Å²) < 4.78 is 0. The van der Waals surface area contributed by atoms with Crippen LogP contribution in [-0.4, -0.2) is 6.04 Å². The molecule has 8 aromatic carbocycles. The first kappa shape index (κ1) is 33.4. The van der Waals surface area contributed by atoms with E-state index in [0.29, 0.717) is 5.92 Å². The number of benzene rings is 8. The Kier molecular flexibility index (Phi) is 8.70. The molecule has 1 heterocycles. The second kappa shape index (κ2) is 14.6. The molecule has 0 radical (unpaired) electrons. The van der Waals surface area contributed by atoms with Crippen molar-refractivity contribution in [3.05, 3.63) is 236 Å². The van der Waals surface area contributed by atoms with Gasteiger partial charge in [0, 0.05) is 34.2 Å². The van der Waals surface area contributed by atoms with Crippen LogP contribution in [0.5, 0.6) is 0 Å². The van der Waals surface area contributed by atoms with E-state index in [1.807, 2.05) is 0 Å². The van der Waals surface area contributed by atoms with Gasteiger partial charge >= 0.3 is 0 Å². The molecule has 0 saturated carbocycles. The fraction of sp³-hybridized carbons (Fsp3) is 0.0370. The van der Waals surface area contributed by atoms with Crippen LogP contribution in [0.25, 0.3) is 44.5 Å². The normalized spacial score (nSPS) is 15.3. The summed E-state index contributed by atoms with van der Waals surface area (Å²) in [5.41, 5.74) is 16.6. The summed E-state index contributed by atoms with van der Waals surface area (Å²) in [6, 6.07) is 75.0. The van der Waals surface area contributed by atoms with E-state index in [1.165, 1.54) is 55.9 Å². The van der Waals surface area contributed by atoms with E-state index >= 15 is 0 Å². The zero-order valence-electron chi connectivity index (χ0n) is 31.0. The molecule has 1 aliphatic heterocycles. The number of hydrogen-bond donors (Lipinski definition) is 0. The first-order valence-corrected chi connectivity index (χ1v) is 19.4. The molecule has 8 aromatic rings. The molecule has 0 N–H and O–H groups in total. The summed E-state index contributed by atoms with van der Waals surface area (Å²) in [7, 11) is 0. The van der Waals surface area contributed by atoms with Crippen molar-refractivity contribution < 1.29 is 0 Å². The van der Waals surface area contributed by atoms with Crippen molar-refractivity contribution in [3.63, 3.8) is 0 Å². The van der Waals surface area contributed by atoms with Crippen molar-refractivity contribution in [2.75, 3.05) is 9.80 Å². The molecule has 0 fully saturated rings. The fourth-order valence-corrected chi connectivity index (χ4v) is 8.58. The van der Waals surface area contributed by atoms with Gasteiger partial charge in [-0.3, -0.25) is 0 Å². The zero-order valence-corrected chi connectivity index (χ0v) is 31.0. The Balaban J connectivity index is 1.13. The van der Waals surface area contributed by atoms with E-state index in [1.54, 1.807) is 0 Å². The highest BCUT2D eigenvalue weighted by atomic mass is 15.2. The number of allylic oxidation sites excluding steroid dienone is 2. The third kappa shape index (κ3) is 6.12. The third-order valence-corrected chi connectivity index (χ3v) is 11.2. The Hall–Kier alpha value is -7.16. The van der Waals surface area contributed by atoms with E-state index < -0.39 is 0 Å². The Morgan fingerprint density at radius 2 is 0.964 bits per heavy atom. The number of rotatable bonds is 8. The monoisotopic (exact) mass is 716 g/mol. The molecule has 56 heavy (non-hydrogen) atoms. The largest absolute Gasteiger partial charge is 0.333 e. The summed E-state index contributed by atoms with van der Waals surface area (Å²) in [5, 5.41) is 0. The summed E-state index contributed by atoms with van der Waals surface area (Å²) >= 11 is 0. The van der Waals surface area contributed by atoms with Crippen molar-refractivity contribution in [1.29, 1.82) is 0 Å². The van der Waals surface area contributed by atoms with Crippen LogP contribution in [0.3, 0.4) is 0 Å². The van der Waals surface area contributed by atoms with Crippen molar-refractivity contribution in [2.24, 2.45) is 0 Å². The minimum absolute atomic E-state index is 0.238. The standard InChI is InChI=1S/C54H40N2/c1-4-17-39(18-5-1)40-31-33-44(34-32-40)55(46-35-36-47(41-19-6-2-7-20-41)51(38-46)42-21-8-3-9-22-42)52-28-13-10-25-48(52)43-23-16-24-45(37-43)56-53-29-14-11-26-49(53)50-27-12-15-30-54(50)56/h1-38,49,53H. The molecule has 0 bridgehead atoms. The number of para-hydroxylation sites is 2. The number of hydrogen-bond acceptors (Lipinski definition) is 2. The lowest BCUT2D eigenvalue weighted by molar-refractivity contribution is 0.745. The predicted molar refractivity (Wildman–Crippen MR) is 236 cm³/mol. The molecular weight excluding hydrogens is 677 g/mol. The Bertz CT molecular complexity index is 2700. The van der Waals surface area contributed by atoms with E-state index in [4.69, 9.17) is 0 Å². The van der Waals surface area contributed by atoms with Crippen molar-refractivity contribution in [3.8, 4) is 44.5 Å². The third-order valence-electron chi connectivity index (χ3n) is 11.2. The molecule has 0 aromatic heterocycles. The maximum absolute atomic E-state index is 2.51. The average Bonchev–Trinajstić information content (AvgIpc) is 3.62. The number of fused-ring (bicyclic) bond motifs is 3. The van der Waals surface area contributed by atoms with Gasteiger partial charge in [0.25, 0.3) is 0 Å². The van der Waals surface area contributed by atoms with Gasteiger partial charge in [0.2, 0.25) is 0 Å².